The van der Waals surface area contributed by atoms with Crippen LogP contribution in [0.1, 0.15) is 50.2 Å². The Morgan fingerprint density at radius 2 is 1.80 bits per heavy atom. The summed E-state index contributed by atoms with van der Waals surface area (Å²) in [6.45, 7) is 7.21. The van der Waals surface area contributed by atoms with E-state index in [1.807, 2.05) is 0 Å². The van der Waals surface area contributed by atoms with Crippen LogP contribution < -0.4 is 15.0 Å². The van der Waals surface area contributed by atoms with Crippen molar-refractivity contribution in [2.45, 2.75) is 51.2 Å². The van der Waals surface area contributed by atoms with Crippen molar-refractivity contribution in [1.82, 2.24) is 5.32 Å². The van der Waals surface area contributed by atoms with Gasteiger partial charge in [-0.3, -0.25) is 0 Å². The molecule has 0 saturated carbocycles. The van der Waals surface area contributed by atoms with Gasteiger partial charge in [0.05, 0.1) is 12.7 Å². The minimum atomic E-state index is -0.0325. The second-order valence-electron chi connectivity index (χ2n) is 9.27. The number of hydrogen-bond donors (Lipinski definition) is 1. The lowest BCUT2D eigenvalue weighted by Gasteiger charge is -2.39. The summed E-state index contributed by atoms with van der Waals surface area (Å²) in [6.07, 6.45) is 3.37. The van der Waals surface area contributed by atoms with Gasteiger partial charge in [-0.05, 0) is 86.9 Å². The van der Waals surface area contributed by atoms with Crippen molar-refractivity contribution >= 4 is 5.69 Å². The smallest absolute Gasteiger partial charge is 0.118 e. The Labute approximate surface area is 182 Å². The number of methoxy groups -OCH3 is 1. The van der Waals surface area contributed by atoms with E-state index in [1.54, 1.807) is 7.11 Å². The number of nitrogens with one attached hydrogen (secondary N) is 1. The first-order chi connectivity index (χ1) is 14.4. The molecule has 164 valence electrons. The summed E-state index contributed by atoms with van der Waals surface area (Å²) in [4.78, 5) is 2.13. The van der Waals surface area contributed by atoms with E-state index in [9.17, 15) is 0 Å². The van der Waals surface area contributed by atoms with Gasteiger partial charge in [0, 0.05) is 32.9 Å². The van der Waals surface area contributed by atoms with Gasteiger partial charge >= 0.3 is 0 Å². The fourth-order valence-electron chi connectivity index (χ4n) is 4.55. The van der Waals surface area contributed by atoms with E-state index in [2.05, 4.69) is 86.7 Å². The van der Waals surface area contributed by atoms with E-state index >= 15 is 0 Å². The lowest BCUT2D eigenvalue weighted by Crippen LogP contribution is -2.36. The minimum Gasteiger partial charge on any atom is -0.497 e. The molecule has 0 aliphatic carbocycles. The molecule has 0 bridgehead atoms. The van der Waals surface area contributed by atoms with Crippen molar-refractivity contribution in [3.63, 3.8) is 0 Å². The Morgan fingerprint density at radius 1 is 1.10 bits per heavy atom. The van der Waals surface area contributed by atoms with Crippen LogP contribution in [0, 0.1) is 5.92 Å². The normalized spacial score (nSPS) is 19.3. The third-order valence-electron chi connectivity index (χ3n) is 6.26. The molecule has 0 amide bonds. The topological polar surface area (TPSA) is 33.7 Å². The van der Waals surface area contributed by atoms with Gasteiger partial charge in [0.1, 0.15) is 5.75 Å². The fraction of sp³-hybridized carbons (Fsp3) is 0.538. The van der Waals surface area contributed by atoms with Crippen molar-refractivity contribution in [3.05, 3.63) is 59.7 Å². The van der Waals surface area contributed by atoms with Crippen molar-refractivity contribution in [1.29, 1.82) is 0 Å². The number of benzene rings is 2. The highest BCUT2D eigenvalue weighted by Crippen LogP contribution is 2.40. The Hall–Kier alpha value is -2.04. The Kier molecular flexibility index (Phi) is 7.79. The highest BCUT2D eigenvalue weighted by Gasteiger charge is 2.33. The third kappa shape index (κ3) is 6.23. The SMILES string of the molecule is COc1ccc([C@@H](CCNCc2ccc(N(C)C)cc2)[C@@H]2CCOC(C)(C)C2)cc1. The van der Waals surface area contributed by atoms with Crippen molar-refractivity contribution < 1.29 is 9.47 Å². The molecular weight excluding hydrogens is 372 g/mol. The lowest BCUT2D eigenvalue weighted by atomic mass is 9.75. The summed E-state index contributed by atoms with van der Waals surface area (Å²) in [7, 11) is 5.87. The molecule has 0 spiro atoms. The lowest BCUT2D eigenvalue weighted by molar-refractivity contribution is -0.0771. The van der Waals surface area contributed by atoms with Gasteiger partial charge in [-0.15, -0.1) is 0 Å². The summed E-state index contributed by atoms with van der Waals surface area (Å²) in [5, 5.41) is 3.66. The van der Waals surface area contributed by atoms with Gasteiger partial charge in [0.25, 0.3) is 0 Å². The molecule has 0 radical (unpaired) electrons. The average Bonchev–Trinajstić information content (AvgIpc) is 2.73. The van der Waals surface area contributed by atoms with Gasteiger partial charge in [0.15, 0.2) is 0 Å². The predicted octanol–water partition coefficient (Wildman–Crippen LogP) is 5.23. The summed E-state index contributed by atoms with van der Waals surface area (Å²) in [5.74, 6) is 2.09. The zero-order valence-electron chi connectivity index (χ0n) is 19.3. The zero-order chi connectivity index (χ0) is 21.6. The molecule has 2 aromatic carbocycles. The maximum Gasteiger partial charge on any atom is 0.118 e. The van der Waals surface area contributed by atoms with Gasteiger partial charge in [-0.1, -0.05) is 24.3 Å². The standard InChI is InChI=1S/C26H38N2O2/c1-26(2)18-22(15-17-30-26)25(21-8-12-24(29-5)13-9-21)14-16-27-19-20-6-10-23(11-7-20)28(3)4/h6-13,22,25,27H,14-19H2,1-5H3/t22-,25-/m1/s1. The Morgan fingerprint density at radius 3 is 2.40 bits per heavy atom. The first kappa shape index (κ1) is 22.6. The first-order valence-electron chi connectivity index (χ1n) is 11.1. The molecule has 1 heterocycles. The van der Waals surface area contributed by atoms with E-state index in [0.717, 1.165) is 44.7 Å². The average molecular weight is 411 g/mol. The third-order valence-corrected chi connectivity index (χ3v) is 6.26. The Bertz CT molecular complexity index is 769. The van der Waals surface area contributed by atoms with Crippen LogP contribution in [-0.4, -0.2) is 40.0 Å². The maximum absolute atomic E-state index is 5.99. The second kappa shape index (κ2) is 10.3. The van der Waals surface area contributed by atoms with Crippen LogP contribution in [0.3, 0.4) is 0 Å². The molecule has 1 aliphatic heterocycles. The highest BCUT2D eigenvalue weighted by atomic mass is 16.5. The van der Waals surface area contributed by atoms with Crippen molar-refractivity contribution in [2.24, 2.45) is 5.92 Å². The largest absolute Gasteiger partial charge is 0.497 e. The molecular formula is C26H38N2O2. The van der Waals surface area contributed by atoms with E-state index < -0.39 is 0 Å². The fourth-order valence-corrected chi connectivity index (χ4v) is 4.55. The van der Waals surface area contributed by atoms with Crippen LogP contribution in [0.5, 0.6) is 5.75 Å². The predicted molar refractivity (Wildman–Crippen MR) is 126 cm³/mol. The molecule has 0 aromatic heterocycles. The monoisotopic (exact) mass is 410 g/mol. The van der Waals surface area contributed by atoms with Gasteiger partial charge in [0.2, 0.25) is 0 Å². The molecule has 2 aromatic rings. The van der Waals surface area contributed by atoms with E-state index in [1.165, 1.54) is 16.8 Å². The first-order valence-corrected chi connectivity index (χ1v) is 11.1. The van der Waals surface area contributed by atoms with E-state index in [0.29, 0.717) is 11.8 Å². The van der Waals surface area contributed by atoms with Crippen LogP contribution in [0.15, 0.2) is 48.5 Å². The number of hydrogen-bond acceptors (Lipinski definition) is 4. The highest BCUT2D eigenvalue weighted by molar-refractivity contribution is 5.45. The number of rotatable bonds is 9. The van der Waals surface area contributed by atoms with Crippen molar-refractivity contribution in [2.75, 3.05) is 39.3 Å². The number of anilines is 1. The summed E-state index contributed by atoms with van der Waals surface area (Å²) in [6, 6.07) is 17.5. The molecule has 1 N–H and O–H groups in total. The number of nitrogens with zero attached hydrogens (tertiary/aromatic N) is 1. The molecule has 4 heteroatoms. The molecule has 1 aliphatic rings. The van der Waals surface area contributed by atoms with Crippen LogP contribution in [-0.2, 0) is 11.3 Å². The van der Waals surface area contributed by atoms with Gasteiger partial charge in [-0.2, -0.15) is 0 Å². The van der Waals surface area contributed by atoms with Crippen LogP contribution in [0.2, 0.25) is 0 Å². The summed E-state index contributed by atoms with van der Waals surface area (Å²) < 4.78 is 11.4. The molecule has 2 atom stereocenters. The quantitative estimate of drug-likeness (QED) is 0.574. The maximum atomic E-state index is 5.99. The van der Waals surface area contributed by atoms with Gasteiger partial charge in [-0.25, -0.2) is 0 Å². The van der Waals surface area contributed by atoms with Crippen molar-refractivity contribution in [3.8, 4) is 5.75 Å². The summed E-state index contributed by atoms with van der Waals surface area (Å²) in [5.41, 5.74) is 3.94. The van der Waals surface area contributed by atoms with Gasteiger partial charge < -0.3 is 19.7 Å². The molecule has 1 saturated heterocycles. The minimum absolute atomic E-state index is 0.0325. The van der Waals surface area contributed by atoms with Crippen LogP contribution in [0.4, 0.5) is 5.69 Å². The summed E-state index contributed by atoms with van der Waals surface area (Å²) >= 11 is 0. The van der Waals surface area contributed by atoms with Crippen LogP contribution in [0.25, 0.3) is 0 Å². The number of ether oxygens (including phenoxy) is 2. The molecule has 4 nitrogen and oxygen atoms in total. The zero-order valence-corrected chi connectivity index (χ0v) is 19.3. The van der Waals surface area contributed by atoms with E-state index in [-0.39, 0.29) is 5.60 Å². The molecule has 3 rings (SSSR count). The molecule has 1 fully saturated rings. The van der Waals surface area contributed by atoms with E-state index in [4.69, 9.17) is 9.47 Å². The second-order valence-corrected chi connectivity index (χ2v) is 9.27. The molecule has 30 heavy (non-hydrogen) atoms. The molecule has 0 unspecified atom stereocenters. The Balaban J connectivity index is 1.61. The van der Waals surface area contributed by atoms with Crippen LogP contribution >= 0.6 is 0 Å².